The maximum atomic E-state index is 14.0. The topological polar surface area (TPSA) is 60.2 Å². The molecule has 10 heteroatoms. The highest BCUT2D eigenvalue weighted by Gasteiger charge is 2.35. The second-order valence-electron chi connectivity index (χ2n) is 7.23. The summed E-state index contributed by atoms with van der Waals surface area (Å²) in [5.41, 5.74) is 0.771. The predicted molar refractivity (Wildman–Crippen MR) is 89.9 cm³/mol. The van der Waals surface area contributed by atoms with Crippen LogP contribution >= 0.6 is 0 Å². The van der Waals surface area contributed by atoms with Crippen LogP contribution in [0.2, 0.25) is 0 Å². The zero-order valence-corrected chi connectivity index (χ0v) is 14.8. The molecular weight excluding hydrogens is 380 g/mol. The van der Waals surface area contributed by atoms with Crippen molar-refractivity contribution in [2.75, 3.05) is 19.7 Å². The van der Waals surface area contributed by atoms with E-state index in [-0.39, 0.29) is 11.9 Å². The molecule has 1 aromatic carbocycles. The molecule has 2 aliphatic rings. The minimum atomic E-state index is -4.54. The number of carbonyl (C=O) groups is 1. The first-order chi connectivity index (χ1) is 13.3. The standard InChI is InChI=1S/C18H18F4N4O2/c19-14-6-12(3-4-16(14)28-10-18(20,21)22)15-9-26(24-23-15)13-7-25(8-13)17(27)5-11-1-2-11/h3-4,6,9,11,13H,1-2,5,7-8,10H2. The Hall–Kier alpha value is -2.65. The van der Waals surface area contributed by atoms with E-state index in [1.54, 1.807) is 15.8 Å². The molecule has 0 atom stereocenters. The molecule has 1 saturated heterocycles. The van der Waals surface area contributed by atoms with E-state index in [4.69, 9.17) is 0 Å². The molecule has 28 heavy (non-hydrogen) atoms. The zero-order valence-electron chi connectivity index (χ0n) is 14.8. The fraction of sp³-hybridized carbons (Fsp3) is 0.500. The number of hydrogen-bond acceptors (Lipinski definition) is 4. The third kappa shape index (κ3) is 4.26. The second kappa shape index (κ2) is 7.06. The molecule has 1 saturated carbocycles. The number of rotatable bonds is 6. The molecule has 6 nitrogen and oxygen atoms in total. The molecule has 2 heterocycles. The average molecular weight is 398 g/mol. The highest BCUT2D eigenvalue weighted by Crippen LogP contribution is 2.34. The lowest BCUT2D eigenvalue weighted by Crippen LogP contribution is -2.51. The first kappa shape index (κ1) is 18.7. The third-order valence-electron chi connectivity index (χ3n) is 4.88. The van der Waals surface area contributed by atoms with Crippen LogP contribution in [0.1, 0.15) is 25.3 Å². The minimum absolute atomic E-state index is 0.0173. The van der Waals surface area contributed by atoms with Crippen molar-refractivity contribution >= 4 is 5.91 Å². The molecule has 1 aromatic heterocycles. The largest absolute Gasteiger partial charge is 0.481 e. The number of alkyl halides is 3. The van der Waals surface area contributed by atoms with Crippen LogP contribution in [-0.4, -0.2) is 51.7 Å². The van der Waals surface area contributed by atoms with Gasteiger partial charge in [0.05, 0.1) is 12.2 Å². The summed E-state index contributed by atoms with van der Waals surface area (Å²) in [6, 6.07) is 3.64. The Bertz CT molecular complexity index is 873. The van der Waals surface area contributed by atoms with Gasteiger partial charge in [-0.2, -0.15) is 13.2 Å². The van der Waals surface area contributed by atoms with Crippen LogP contribution in [0.4, 0.5) is 17.6 Å². The zero-order chi connectivity index (χ0) is 19.9. The van der Waals surface area contributed by atoms with Crippen LogP contribution in [0.25, 0.3) is 11.3 Å². The third-order valence-corrected chi connectivity index (χ3v) is 4.88. The minimum Gasteiger partial charge on any atom is -0.481 e. The van der Waals surface area contributed by atoms with Gasteiger partial charge >= 0.3 is 6.18 Å². The number of nitrogens with zero attached hydrogens (tertiary/aromatic N) is 4. The van der Waals surface area contributed by atoms with Gasteiger partial charge in [0.1, 0.15) is 5.69 Å². The Labute approximate surface area is 158 Å². The summed E-state index contributed by atoms with van der Waals surface area (Å²) in [6.45, 7) is -0.434. The van der Waals surface area contributed by atoms with Crippen molar-refractivity contribution in [2.45, 2.75) is 31.5 Å². The molecule has 2 fully saturated rings. The van der Waals surface area contributed by atoms with Crippen LogP contribution < -0.4 is 4.74 Å². The van der Waals surface area contributed by atoms with E-state index in [9.17, 15) is 22.4 Å². The second-order valence-corrected chi connectivity index (χ2v) is 7.23. The van der Waals surface area contributed by atoms with Crippen molar-refractivity contribution < 1.29 is 27.1 Å². The van der Waals surface area contributed by atoms with E-state index in [1.807, 2.05) is 0 Å². The molecule has 1 aliphatic heterocycles. The monoisotopic (exact) mass is 398 g/mol. The van der Waals surface area contributed by atoms with Crippen molar-refractivity contribution in [1.29, 1.82) is 0 Å². The van der Waals surface area contributed by atoms with Gasteiger partial charge in [-0.25, -0.2) is 9.07 Å². The van der Waals surface area contributed by atoms with Crippen molar-refractivity contribution in [3.63, 3.8) is 0 Å². The average Bonchev–Trinajstić information content (AvgIpc) is 3.25. The molecular formula is C18H18F4N4O2. The quantitative estimate of drug-likeness (QED) is 0.702. The Morgan fingerprint density at radius 2 is 2.00 bits per heavy atom. The van der Waals surface area contributed by atoms with Gasteiger partial charge in [-0.3, -0.25) is 4.79 Å². The summed E-state index contributed by atoms with van der Waals surface area (Å²) >= 11 is 0. The van der Waals surface area contributed by atoms with Gasteiger partial charge < -0.3 is 9.64 Å². The van der Waals surface area contributed by atoms with Gasteiger partial charge in [0.25, 0.3) is 0 Å². The molecule has 150 valence electrons. The lowest BCUT2D eigenvalue weighted by atomic mass is 10.1. The molecule has 0 bridgehead atoms. The van der Waals surface area contributed by atoms with E-state index in [2.05, 4.69) is 15.0 Å². The Balaban J connectivity index is 1.36. The Kier molecular flexibility index (Phi) is 4.72. The van der Waals surface area contributed by atoms with Crippen LogP contribution in [0.15, 0.2) is 24.4 Å². The van der Waals surface area contributed by atoms with Crippen LogP contribution in [0.3, 0.4) is 0 Å². The van der Waals surface area contributed by atoms with Crippen molar-refractivity contribution in [3.05, 3.63) is 30.2 Å². The summed E-state index contributed by atoms with van der Waals surface area (Å²) in [5, 5.41) is 8.02. The van der Waals surface area contributed by atoms with Gasteiger partial charge in [0.15, 0.2) is 18.2 Å². The number of likely N-dealkylation sites (tertiary alicyclic amines) is 1. The number of hydrogen-bond donors (Lipinski definition) is 0. The van der Waals surface area contributed by atoms with Crippen LogP contribution in [-0.2, 0) is 4.79 Å². The van der Waals surface area contributed by atoms with Crippen molar-refractivity contribution in [3.8, 4) is 17.0 Å². The highest BCUT2D eigenvalue weighted by molar-refractivity contribution is 5.77. The Morgan fingerprint density at radius 3 is 2.64 bits per heavy atom. The lowest BCUT2D eigenvalue weighted by Gasteiger charge is -2.39. The summed E-state index contributed by atoms with van der Waals surface area (Å²) in [4.78, 5) is 13.8. The number of aromatic nitrogens is 3. The van der Waals surface area contributed by atoms with E-state index in [0.717, 1.165) is 25.0 Å². The highest BCUT2D eigenvalue weighted by atomic mass is 19.4. The van der Waals surface area contributed by atoms with E-state index >= 15 is 0 Å². The maximum absolute atomic E-state index is 14.0. The van der Waals surface area contributed by atoms with E-state index in [1.165, 1.54) is 6.07 Å². The summed E-state index contributed by atoms with van der Waals surface area (Å²) < 4.78 is 56.6. The van der Waals surface area contributed by atoms with Gasteiger partial charge in [-0.05, 0) is 37.0 Å². The van der Waals surface area contributed by atoms with Crippen LogP contribution in [0.5, 0.6) is 5.75 Å². The summed E-state index contributed by atoms with van der Waals surface area (Å²) in [5.74, 6) is -0.674. The van der Waals surface area contributed by atoms with Gasteiger partial charge in [-0.15, -0.1) is 5.10 Å². The molecule has 1 amide bonds. The molecule has 0 unspecified atom stereocenters. The molecule has 1 aliphatic carbocycles. The fourth-order valence-electron chi connectivity index (χ4n) is 3.05. The first-order valence-electron chi connectivity index (χ1n) is 8.97. The molecule has 0 radical (unpaired) electrons. The van der Waals surface area contributed by atoms with E-state index < -0.39 is 24.3 Å². The number of benzene rings is 1. The van der Waals surface area contributed by atoms with Gasteiger partial charge in [0, 0.05) is 25.1 Å². The molecule has 4 rings (SSSR count). The van der Waals surface area contributed by atoms with Gasteiger partial charge in [0.2, 0.25) is 5.91 Å². The molecule has 0 N–H and O–H groups in total. The van der Waals surface area contributed by atoms with Crippen molar-refractivity contribution in [2.24, 2.45) is 5.92 Å². The normalized spacial score (nSPS) is 17.5. The van der Waals surface area contributed by atoms with Crippen molar-refractivity contribution in [1.82, 2.24) is 19.9 Å². The first-order valence-corrected chi connectivity index (χ1v) is 8.97. The molecule has 2 aromatic rings. The smallest absolute Gasteiger partial charge is 0.422 e. The predicted octanol–water partition coefficient (Wildman–Crippen LogP) is 3.21. The number of amides is 1. The maximum Gasteiger partial charge on any atom is 0.422 e. The summed E-state index contributed by atoms with van der Waals surface area (Å²) in [6.07, 6.45) is -0.0294. The molecule has 0 spiro atoms. The Morgan fingerprint density at radius 1 is 1.25 bits per heavy atom. The fourth-order valence-corrected chi connectivity index (χ4v) is 3.05. The van der Waals surface area contributed by atoms with Crippen LogP contribution in [0, 0.1) is 11.7 Å². The number of carbonyl (C=O) groups excluding carboxylic acids is 1. The van der Waals surface area contributed by atoms with Gasteiger partial charge in [-0.1, -0.05) is 5.21 Å². The lowest BCUT2D eigenvalue weighted by molar-refractivity contribution is -0.153. The SMILES string of the molecule is O=C(CC1CC1)N1CC(n2cc(-c3ccc(OCC(F)(F)F)c(F)c3)nn2)C1. The van der Waals surface area contributed by atoms with E-state index in [0.29, 0.717) is 36.7 Å². The number of ether oxygens (including phenoxy) is 1. The number of halogens is 4. The summed E-state index contributed by atoms with van der Waals surface area (Å²) in [7, 11) is 0.